The van der Waals surface area contributed by atoms with Crippen molar-refractivity contribution in [2.75, 3.05) is 18.6 Å². The van der Waals surface area contributed by atoms with Gasteiger partial charge in [0.05, 0.1) is 11.0 Å². The highest BCUT2D eigenvalue weighted by Crippen LogP contribution is 2.47. The van der Waals surface area contributed by atoms with Crippen LogP contribution in [0, 0.1) is 15.5 Å². The summed E-state index contributed by atoms with van der Waals surface area (Å²) in [4.78, 5) is 29.6. The van der Waals surface area contributed by atoms with E-state index >= 15 is 0 Å². The van der Waals surface area contributed by atoms with Gasteiger partial charge in [0, 0.05) is 31.3 Å². The Balaban J connectivity index is 2.08. The molecule has 0 aliphatic heterocycles. The molecule has 0 bridgehead atoms. The van der Waals surface area contributed by atoms with E-state index in [1.807, 2.05) is 6.92 Å². The molecule has 2 aromatic heterocycles. The number of rotatable bonds is 5. The van der Waals surface area contributed by atoms with E-state index in [4.69, 9.17) is 4.74 Å². The van der Waals surface area contributed by atoms with E-state index < -0.39 is 16.2 Å². The summed E-state index contributed by atoms with van der Waals surface area (Å²) in [5.41, 5.74) is -0.974. The molecule has 0 unspecified atom stereocenters. The normalized spacial score (nSPS) is 21.8. The average molecular weight is 346 g/mol. The van der Waals surface area contributed by atoms with Gasteiger partial charge in [-0.3, -0.25) is 19.3 Å². The van der Waals surface area contributed by atoms with Crippen molar-refractivity contribution in [3.8, 4) is 0 Å². The molecule has 2 heterocycles. The SMILES string of the molecule is CCO[C@@H]1C[C@@H](N(C)c2nc3ccccn3c(=O)c2[N+](=O)[O-])C1(C)C. The number of ether oxygens (including phenoxy) is 1. The van der Waals surface area contributed by atoms with Gasteiger partial charge in [-0.2, -0.15) is 0 Å². The first-order valence-electron chi connectivity index (χ1n) is 8.29. The molecule has 0 amide bonds. The predicted octanol–water partition coefficient (Wildman–Crippen LogP) is 2.24. The fourth-order valence-corrected chi connectivity index (χ4v) is 3.63. The van der Waals surface area contributed by atoms with Crippen molar-refractivity contribution in [2.45, 2.75) is 39.3 Å². The maximum atomic E-state index is 12.6. The summed E-state index contributed by atoms with van der Waals surface area (Å²) < 4.78 is 6.93. The summed E-state index contributed by atoms with van der Waals surface area (Å²) in [6, 6.07) is 5.05. The highest BCUT2D eigenvalue weighted by Gasteiger charge is 2.52. The first kappa shape index (κ1) is 17.3. The van der Waals surface area contributed by atoms with Crippen molar-refractivity contribution in [3.05, 3.63) is 44.9 Å². The average Bonchev–Trinajstić information content (AvgIpc) is 2.57. The van der Waals surface area contributed by atoms with Crippen LogP contribution in [0.15, 0.2) is 29.2 Å². The van der Waals surface area contributed by atoms with E-state index in [0.29, 0.717) is 12.3 Å². The highest BCUT2D eigenvalue weighted by molar-refractivity contribution is 5.62. The van der Waals surface area contributed by atoms with Crippen LogP contribution in [0.25, 0.3) is 5.65 Å². The summed E-state index contributed by atoms with van der Waals surface area (Å²) in [6.07, 6.45) is 2.31. The van der Waals surface area contributed by atoms with Gasteiger partial charge < -0.3 is 9.64 Å². The topological polar surface area (TPSA) is 90.0 Å². The zero-order chi connectivity index (χ0) is 18.4. The molecule has 0 aromatic carbocycles. The number of anilines is 1. The fraction of sp³-hybridized carbons (Fsp3) is 0.529. The van der Waals surface area contributed by atoms with E-state index in [9.17, 15) is 14.9 Å². The maximum absolute atomic E-state index is 12.6. The maximum Gasteiger partial charge on any atom is 0.376 e. The molecule has 0 spiro atoms. The molecule has 0 N–H and O–H groups in total. The Morgan fingerprint density at radius 3 is 2.80 bits per heavy atom. The van der Waals surface area contributed by atoms with Crippen molar-refractivity contribution >= 4 is 17.2 Å². The van der Waals surface area contributed by atoms with Crippen LogP contribution in [0.5, 0.6) is 0 Å². The van der Waals surface area contributed by atoms with Gasteiger partial charge in [0.1, 0.15) is 5.65 Å². The number of hydrogen-bond acceptors (Lipinski definition) is 6. The van der Waals surface area contributed by atoms with Gasteiger partial charge in [-0.05, 0) is 25.5 Å². The third kappa shape index (κ3) is 2.66. The molecule has 1 aliphatic carbocycles. The standard InChI is InChI=1S/C17H22N4O4/c1-5-25-12-10-11(17(12,2)3)19(4)15-14(21(23)24)16(22)20-9-7-6-8-13(20)18-15/h6-9,11-12H,5,10H2,1-4H3/t11-,12-/m1/s1. The second-order valence-electron chi connectivity index (χ2n) is 6.90. The Morgan fingerprint density at radius 1 is 1.48 bits per heavy atom. The van der Waals surface area contributed by atoms with Gasteiger partial charge in [0.25, 0.3) is 0 Å². The number of aromatic nitrogens is 2. The molecule has 134 valence electrons. The van der Waals surface area contributed by atoms with E-state index in [0.717, 1.165) is 6.42 Å². The van der Waals surface area contributed by atoms with Crippen LogP contribution in [0.1, 0.15) is 27.2 Å². The molecule has 1 aliphatic rings. The van der Waals surface area contributed by atoms with Gasteiger partial charge in [0.15, 0.2) is 0 Å². The summed E-state index contributed by atoms with van der Waals surface area (Å²) >= 11 is 0. The number of fused-ring (bicyclic) bond motifs is 1. The molecule has 0 radical (unpaired) electrons. The molecule has 8 nitrogen and oxygen atoms in total. The minimum absolute atomic E-state index is 0.000752. The Hall–Kier alpha value is -2.48. The molecule has 1 fully saturated rings. The van der Waals surface area contributed by atoms with Gasteiger partial charge in [-0.15, -0.1) is 0 Å². The second kappa shape index (κ2) is 6.11. The zero-order valence-corrected chi connectivity index (χ0v) is 14.8. The first-order valence-corrected chi connectivity index (χ1v) is 8.29. The van der Waals surface area contributed by atoms with E-state index in [1.165, 1.54) is 10.6 Å². The van der Waals surface area contributed by atoms with Crippen molar-refractivity contribution in [1.29, 1.82) is 0 Å². The summed E-state index contributed by atoms with van der Waals surface area (Å²) in [6.45, 7) is 6.71. The van der Waals surface area contributed by atoms with E-state index in [2.05, 4.69) is 18.8 Å². The van der Waals surface area contributed by atoms with Crippen LogP contribution in [-0.2, 0) is 4.74 Å². The lowest BCUT2D eigenvalue weighted by Gasteiger charge is -2.54. The van der Waals surface area contributed by atoms with Crippen LogP contribution in [0.3, 0.4) is 0 Å². The van der Waals surface area contributed by atoms with Crippen molar-refractivity contribution in [2.24, 2.45) is 5.41 Å². The highest BCUT2D eigenvalue weighted by atomic mass is 16.6. The predicted molar refractivity (Wildman–Crippen MR) is 94.1 cm³/mol. The van der Waals surface area contributed by atoms with Crippen molar-refractivity contribution in [1.82, 2.24) is 9.38 Å². The Kier molecular flexibility index (Phi) is 4.24. The third-order valence-electron chi connectivity index (χ3n) is 5.17. The number of pyridine rings is 1. The largest absolute Gasteiger partial charge is 0.378 e. The van der Waals surface area contributed by atoms with Crippen LogP contribution < -0.4 is 10.5 Å². The molecule has 0 saturated heterocycles. The summed E-state index contributed by atoms with van der Waals surface area (Å²) in [5, 5.41) is 11.5. The summed E-state index contributed by atoms with van der Waals surface area (Å²) in [7, 11) is 1.75. The molecule has 8 heteroatoms. The molecule has 2 atom stereocenters. The van der Waals surface area contributed by atoms with Crippen LogP contribution >= 0.6 is 0 Å². The van der Waals surface area contributed by atoms with E-state index in [-0.39, 0.29) is 23.4 Å². The van der Waals surface area contributed by atoms with Crippen LogP contribution in [0.4, 0.5) is 11.5 Å². The van der Waals surface area contributed by atoms with Gasteiger partial charge in [-0.25, -0.2) is 4.98 Å². The van der Waals surface area contributed by atoms with Gasteiger partial charge >= 0.3 is 11.2 Å². The lowest BCUT2D eigenvalue weighted by molar-refractivity contribution is -0.385. The molecule has 3 rings (SSSR count). The number of hydrogen-bond donors (Lipinski definition) is 0. The molecule has 2 aromatic rings. The van der Waals surface area contributed by atoms with Crippen LogP contribution in [-0.4, -0.2) is 40.1 Å². The third-order valence-corrected chi connectivity index (χ3v) is 5.17. The van der Waals surface area contributed by atoms with Crippen LogP contribution in [0.2, 0.25) is 0 Å². The lowest BCUT2D eigenvalue weighted by Crippen LogP contribution is -2.61. The lowest BCUT2D eigenvalue weighted by atomic mass is 9.64. The minimum Gasteiger partial charge on any atom is -0.378 e. The Morgan fingerprint density at radius 2 is 2.20 bits per heavy atom. The fourth-order valence-electron chi connectivity index (χ4n) is 3.63. The first-order chi connectivity index (χ1) is 11.8. The van der Waals surface area contributed by atoms with Crippen molar-refractivity contribution < 1.29 is 9.66 Å². The Labute approximate surface area is 145 Å². The quantitative estimate of drug-likeness (QED) is 0.609. The number of nitro groups is 1. The molecule has 1 saturated carbocycles. The molecular weight excluding hydrogens is 324 g/mol. The molecule has 25 heavy (non-hydrogen) atoms. The molecular formula is C17H22N4O4. The zero-order valence-electron chi connectivity index (χ0n) is 14.8. The van der Waals surface area contributed by atoms with Gasteiger partial charge in [-0.1, -0.05) is 19.9 Å². The Bertz CT molecular complexity index is 877. The second-order valence-corrected chi connectivity index (χ2v) is 6.90. The number of nitrogens with zero attached hydrogens (tertiary/aromatic N) is 4. The van der Waals surface area contributed by atoms with E-state index in [1.54, 1.807) is 30.1 Å². The van der Waals surface area contributed by atoms with Gasteiger partial charge in [0.2, 0.25) is 5.82 Å². The summed E-state index contributed by atoms with van der Waals surface area (Å²) in [5.74, 6) is 0.106. The minimum atomic E-state index is -0.670. The van der Waals surface area contributed by atoms with Crippen molar-refractivity contribution in [3.63, 3.8) is 0 Å². The smallest absolute Gasteiger partial charge is 0.376 e. The monoisotopic (exact) mass is 346 g/mol.